The van der Waals surface area contributed by atoms with E-state index in [9.17, 15) is 0 Å². The maximum atomic E-state index is 5.86. The van der Waals surface area contributed by atoms with Gasteiger partial charge in [0.25, 0.3) is 0 Å². The first-order chi connectivity index (χ1) is 8.47. The normalized spacial score (nSPS) is 10.4. The quantitative estimate of drug-likeness (QED) is 0.618. The van der Waals surface area contributed by atoms with E-state index in [2.05, 4.69) is 47.8 Å². The molecule has 2 rings (SSSR count). The summed E-state index contributed by atoms with van der Waals surface area (Å²) in [6, 6.07) is 9.52. The zero-order chi connectivity index (χ0) is 13.3. The SMILES string of the molecule is Cc1cc(Oc2ccc(Br)cc2Br)c(Br)cc1N. The fourth-order valence-electron chi connectivity index (χ4n) is 1.43. The summed E-state index contributed by atoms with van der Waals surface area (Å²) in [6.07, 6.45) is 0. The van der Waals surface area contributed by atoms with Gasteiger partial charge in [0.15, 0.2) is 0 Å². The van der Waals surface area contributed by atoms with E-state index >= 15 is 0 Å². The number of hydrogen-bond acceptors (Lipinski definition) is 2. The second-order valence-corrected chi connectivity index (χ2v) is 6.44. The lowest BCUT2D eigenvalue weighted by Gasteiger charge is -2.11. The maximum absolute atomic E-state index is 5.86. The molecular weight excluding hydrogens is 426 g/mol. The Hall–Kier alpha value is -0.520. The molecule has 0 heterocycles. The Morgan fingerprint density at radius 2 is 1.61 bits per heavy atom. The second kappa shape index (κ2) is 5.63. The van der Waals surface area contributed by atoms with Gasteiger partial charge >= 0.3 is 0 Å². The van der Waals surface area contributed by atoms with Gasteiger partial charge in [0.2, 0.25) is 0 Å². The summed E-state index contributed by atoms with van der Waals surface area (Å²) in [5.41, 5.74) is 7.56. The highest BCUT2D eigenvalue weighted by Crippen LogP contribution is 2.37. The third kappa shape index (κ3) is 3.08. The van der Waals surface area contributed by atoms with Gasteiger partial charge in [-0.05, 0) is 74.7 Å². The molecule has 0 unspecified atom stereocenters. The molecule has 0 amide bonds. The van der Waals surface area contributed by atoms with Crippen LogP contribution in [0.3, 0.4) is 0 Å². The summed E-state index contributed by atoms with van der Waals surface area (Å²) in [6.45, 7) is 1.95. The molecule has 0 fully saturated rings. The van der Waals surface area contributed by atoms with Crippen LogP contribution in [0.15, 0.2) is 43.7 Å². The van der Waals surface area contributed by atoms with E-state index < -0.39 is 0 Å². The largest absolute Gasteiger partial charge is 0.455 e. The van der Waals surface area contributed by atoms with E-state index in [1.165, 1.54) is 0 Å². The Bertz CT molecular complexity index is 599. The van der Waals surface area contributed by atoms with Crippen LogP contribution < -0.4 is 10.5 Å². The van der Waals surface area contributed by atoms with Crippen LogP contribution in [0.4, 0.5) is 5.69 Å². The lowest BCUT2D eigenvalue weighted by atomic mass is 10.2. The number of nitrogen functional groups attached to an aromatic ring is 1. The monoisotopic (exact) mass is 433 g/mol. The van der Waals surface area contributed by atoms with Gasteiger partial charge in [-0.3, -0.25) is 0 Å². The average molecular weight is 436 g/mol. The van der Waals surface area contributed by atoms with Gasteiger partial charge in [0.1, 0.15) is 11.5 Å². The number of benzene rings is 2. The zero-order valence-electron chi connectivity index (χ0n) is 9.51. The first kappa shape index (κ1) is 13.9. The summed E-state index contributed by atoms with van der Waals surface area (Å²) in [5, 5.41) is 0. The van der Waals surface area contributed by atoms with Gasteiger partial charge in [-0.25, -0.2) is 0 Å². The molecular formula is C13H10Br3NO. The highest BCUT2D eigenvalue weighted by Gasteiger charge is 2.08. The number of halogens is 3. The van der Waals surface area contributed by atoms with Gasteiger partial charge in [-0.1, -0.05) is 15.9 Å². The number of nitrogens with two attached hydrogens (primary N) is 1. The summed E-state index contributed by atoms with van der Waals surface area (Å²) in [4.78, 5) is 0. The molecule has 5 heteroatoms. The number of aryl methyl sites for hydroxylation is 1. The van der Waals surface area contributed by atoms with E-state index in [1.54, 1.807) is 0 Å². The highest BCUT2D eigenvalue weighted by molar-refractivity contribution is 9.11. The Morgan fingerprint density at radius 1 is 0.944 bits per heavy atom. The average Bonchev–Trinajstić information content (AvgIpc) is 2.29. The molecule has 0 saturated carbocycles. The number of hydrogen-bond donors (Lipinski definition) is 1. The Labute approximate surface area is 131 Å². The fourth-order valence-corrected chi connectivity index (χ4v) is 3.00. The molecule has 2 aromatic carbocycles. The molecule has 0 bridgehead atoms. The smallest absolute Gasteiger partial charge is 0.142 e. The van der Waals surface area contributed by atoms with Crippen molar-refractivity contribution in [2.75, 3.05) is 5.73 Å². The van der Waals surface area contributed by atoms with Crippen LogP contribution in [0.5, 0.6) is 11.5 Å². The molecule has 0 aliphatic rings. The lowest BCUT2D eigenvalue weighted by Crippen LogP contribution is -1.93. The van der Waals surface area contributed by atoms with Crippen molar-refractivity contribution in [2.45, 2.75) is 6.92 Å². The fraction of sp³-hybridized carbons (Fsp3) is 0.0769. The molecule has 0 saturated heterocycles. The minimum Gasteiger partial charge on any atom is -0.455 e. The van der Waals surface area contributed by atoms with E-state index in [1.807, 2.05) is 37.3 Å². The van der Waals surface area contributed by atoms with Crippen molar-refractivity contribution in [1.82, 2.24) is 0 Å². The first-order valence-corrected chi connectivity index (χ1v) is 7.54. The first-order valence-electron chi connectivity index (χ1n) is 5.16. The van der Waals surface area contributed by atoms with E-state index in [-0.39, 0.29) is 0 Å². The molecule has 0 aromatic heterocycles. The predicted molar refractivity (Wildman–Crippen MR) is 85.2 cm³/mol. The van der Waals surface area contributed by atoms with Crippen molar-refractivity contribution in [3.05, 3.63) is 49.3 Å². The van der Waals surface area contributed by atoms with E-state index in [0.29, 0.717) is 0 Å². The van der Waals surface area contributed by atoms with Crippen LogP contribution >= 0.6 is 47.8 Å². The summed E-state index contributed by atoms with van der Waals surface area (Å²) < 4.78 is 8.58. The minimum absolute atomic E-state index is 0.740. The molecule has 0 spiro atoms. The number of ether oxygens (including phenoxy) is 1. The van der Waals surface area contributed by atoms with Crippen LogP contribution in [0.2, 0.25) is 0 Å². The van der Waals surface area contributed by atoms with Crippen LogP contribution in [-0.4, -0.2) is 0 Å². The molecule has 0 aliphatic heterocycles. The van der Waals surface area contributed by atoms with Gasteiger partial charge in [0, 0.05) is 10.2 Å². The number of anilines is 1. The van der Waals surface area contributed by atoms with Crippen LogP contribution in [0.1, 0.15) is 5.56 Å². The summed E-state index contributed by atoms with van der Waals surface area (Å²) in [7, 11) is 0. The highest BCUT2D eigenvalue weighted by atomic mass is 79.9. The van der Waals surface area contributed by atoms with Crippen LogP contribution in [0, 0.1) is 6.92 Å². The van der Waals surface area contributed by atoms with Crippen LogP contribution in [0.25, 0.3) is 0 Å². The maximum Gasteiger partial charge on any atom is 0.142 e. The summed E-state index contributed by atoms with van der Waals surface area (Å²) >= 11 is 10.3. The molecule has 2 N–H and O–H groups in total. The minimum atomic E-state index is 0.740. The van der Waals surface area contributed by atoms with Gasteiger partial charge in [-0.15, -0.1) is 0 Å². The van der Waals surface area contributed by atoms with Gasteiger partial charge in [0.05, 0.1) is 8.95 Å². The lowest BCUT2D eigenvalue weighted by molar-refractivity contribution is 0.476. The van der Waals surface area contributed by atoms with E-state index in [4.69, 9.17) is 10.5 Å². The molecule has 0 radical (unpaired) electrons. The van der Waals surface area contributed by atoms with Crippen molar-refractivity contribution < 1.29 is 4.74 Å². The third-order valence-corrected chi connectivity index (χ3v) is 4.17. The topological polar surface area (TPSA) is 35.2 Å². The Morgan fingerprint density at radius 3 is 2.28 bits per heavy atom. The Balaban J connectivity index is 2.37. The molecule has 0 atom stereocenters. The standard InChI is InChI=1S/C13H10Br3NO/c1-7-4-13(10(16)6-11(7)17)18-12-3-2-8(14)5-9(12)15/h2-6H,17H2,1H3. The molecule has 94 valence electrons. The van der Waals surface area contributed by atoms with Crippen LogP contribution in [-0.2, 0) is 0 Å². The van der Waals surface area contributed by atoms with Gasteiger partial charge < -0.3 is 10.5 Å². The zero-order valence-corrected chi connectivity index (χ0v) is 14.3. The Kier molecular flexibility index (Phi) is 4.35. The molecule has 18 heavy (non-hydrogen) atoms. The predicted octanol–water partition coefficient (Wildman–Crippen LogP) is 5.66. The van der Waals surface area contributed by atoms with E-state index in [0.717, 1.165) is 36.2 Å². The third-order valence-electron chi connectivity index (χ3n) is 2.43. The van der Waals surface area contributed by atoms with Crippen molar-refractivity contribution in [3.63, 3.8) is 0 Å². The van der Waals surface area contributed by atoms with Crippen molar-refractivity contribution >= 4 is 53.5 Å². The van der Waals surface area contributed by atoms with Crippen molar-refractivity contribution in [1.29, 1.82) is 0 Å². The molecule has 0 aliphatic carbocycles. The van der Waals surface area contributed by atoms with Crippen molar-refractivity contribution in [3.8, 4) is 11.5 Å². The number of rotatable bonds is 2. The molecule has 2 nitrogen and oxygen atoms in total. The second-order valence-electron chi connectivity index (χ2n) is 3.82. The summed E-state index contributed by atoms with van der Waals surface area (Å²) in [5.74, 6) is 1.49. The van der Waals surface area contributed by atoms with Gasteiger partial charge in [-0.2, -0.15) is 0 Å². The molecule has 2 aromatic rings. The van der Waals surface area contributed by atoms with Crippen molar-refractivity contribution in [2.24, 2.45) is 0 Å².